The zero-order chi connectivity index (χ0) is 12.7. The van der Waals surface area contributed by atoms with E-state index >= 15 is 0 Å². The Morgan fingerprint density at radius 1 is 1.39 bits per heavy atom. The minimum atomic E-state index is -0.272. The van der Waals surface area contributed by atoms with Crippen molar-refractivity contribution in [1.82, 2.24) is 19.3 Å². The van der Waals surface area contributed by atoms with Gasteiger partial charge in [-0.1, -0.05) is 0 Å². The van der Waals surface area contributed by atoms with Crippen LogP contribution < -0.4 is 0 Å². The van der Waals surface area contributed by atoms with Crippen LogP contribution in [0.1, 0.15) is 5.69 Å². The van der Waals surface area contributed by atoms with Crippen molar-refractivity contribution in [2.24, 2.45) is 7.05 Å². The Bertz CT molecular complexity index is 768. The van der Waals surface area contributed by atoms with Crippen LogP contribution in [0.25, 0.3) is 11.0 Å². The molecule has 3 rings (SSSR count). The van der Waals surface area contributed by atoms with Crippen molar-refractivity contribution >= 4 is 23.3 Å². The molecule has 2 heterocycles. The molecule has 0 bridgehead atoms. The molecule has 0 aliphatic carbocycles. The van der Waals surface area contributed by atoms with Crippen LogP contribution in [0, 0.1) is 10.6 Å². The van der Waals surface area contributed by atoms with Gasteiger partial charge in [0.15, 0.2) is 4.77 Å². The Morgan fingerprint density at radius 2 is 2.22 bits per heavy atom. The third kappa shape index (κ3) is 1.74. The summed E-state index contributed by atoms with van der Waals surface area (Å²) in [6, 6.07) is 6.55. The van der Waals surface area contributed by atoms with E-state index in [4.69, 9.17) is 12.2 Å². The summed E-state index contributed by atoms with van der Waals surface area (Å²) in [6.45, 7) is 0.612. The lowest BCUT2D eigenvalue weighted by atomic mass is 10.3. The summed E-state index contributed by atoms with van der Waals surface area (Å²) in [6.07, 6.45) is 1.74. The minimum Gasteiger partial charge on any atom is -0.330 e. The Kier molecular flexibility index (Phi) is 2.52. The van der Waals surface area contributed by atoms with E-state index in [0.29, 0.717) is 16.8 Å². The van der Waals surface area contributed by atoms with Gasteiger partial charge in [-0.15, -0.1) is 0 Å². The Morgan fingerprint density at radius 3 is 2.94 bits per heavy atom. The summed E-state index contributed by atoms with van der Waals surface area (Å²) >= 11 is 5.27. The van der Waals surface area contributed by atoms with Gasteiger partial charge in [0.25, 0.3) is 0 Å². The monoisotopic (exact) mass is 262 g/mol. The van der Waals surface area contributed by atoms with Crippen LogP contribution in [0.5, 0.6) is 0 Å². The van der Waals surface area contributed by atoms with E-state index in [1.165, 1.54) is 12.1 Å². The summed E-state index contributed by atoms with van der Waals surface area (Å²) in [7, 11) is 1.88. The number of aromatic amines is 1. The van der Waals surface area contributed by atoms with Crippen molar-refractivity contribution < 1.29 is 4.39 Å². The van der Waals surface area contributed by atoms with E-state index in [0.717, 1.165) is 11.2 Å². The maximum atomic E-state index is 13.1. The number of imidazole rings is 1. The van der Waals surface area contributed by atoms with Gasteiger partial charge in [0.2, 0.25) is 0 Å². The topological polar surface area (TPSA) is 38.5 Å². The second-order valence-electron chi connectivity index (χ2n) is 4.12. The number of rotatable bonds is 2. The number of aromatic nitrogens is 4. The van der Waals surface area contributed by atoms with Crippen LogP contribution >= 0.6 is 12.2 Å². The summed E-state index contributed by atoms with van der Waals surface area (Å²) in [5.41, 5.74) is 2.64. The zero-order valence-electron chi connectivity index (χ0n) is 9.72. The van der Waals surface area contributed by atoms with E-state index in [-0.39, 0.29) is 5.82 Å². The third-order valence-corrected chi connectivity index (χ3v) is 3.30. The molecule has 3 aromatic rings. The lowest BCUT2D eigenvalue weighted by Gasteiger charge is -2.04. The number of H-pyrrole nitrogens is 1. The van der Waals surface area contributed by atoms with Crippen molar-refractivity contribution in [3.05, 3.63) is 46.7 Å². The lowest BCUT2D eigenvalue weighted by Crippen LogP contribution is -2.05. The first-order valence-corrected chi connectivity index (χ1v) is 5.91. The van der Waals surface area contributed by atoms with E-state index in [9.17, 15) is 4.39 Å². The molecule has 92 valence electrons. The van der Waals surface area contributed by atoms with Crippen LogP contribution in [0.4, 0.5) is 4.39 Å². The molecule has 18 heavy (non-hydrogen) atoms. The smallest absolute Gasteiger partial charge is 0.178 e. The molecule has 0 radical (unpaired) electrons. The summed E-state index contributed by atoms with van der Waals surface area (Å²) in [4.78, 5) is 3.01. The standard InChI is InChI=1S/C12H11FN4S/c1-16-9(4-5-14-16)7-17-11-3-2-8(13)6-10(11)15-12(17)18/h2-6H,7H2,1H3,(H,15,18). The number of hydrogen-bond donors (Lipinski definition) is 1. The first-order chi connectivity index (χ1) is 8.65. The van der Waals surface area contributed by atoms with Crippen molar-refractivity contribution in [2.75, 3.05) is 0 Å². The maximum Gasteiger partial charge on any atom is 0.178 e. The van der Waals surface area contributed by atoms with Gasteiger partial charge in [-0.25, -0.2) is 4.39 Å². The van der Waals surface area contributed by atoms with Crippen LogP contribution in [0.2, 0.25) is 0 Å². The number of nitrogens with zero attached hydrogens (tertiary/aromatic N) is 3. The Hall–Kier alpha value is -1.95. The fourth-order valence-electron chi connectivity index (χ4n) is 2.01. The second-order valence-corrected chi connectivity index (χ2v) is 4.51. The average molecular weight is 262 g/mol. The fraction of sp³-hybridized carbons (Fsp3) is 0.167. The molecular weight excluding hydrogens is 251 g/mol. The van der Waals surface area contributed by atoms with Crippen LogP contribution in [0.3, 0.4) is 0 Å². The van der Waals surface area contributed by atoms with Gasteiger partial charge in [-0.3, -0.25) is 4.68 Å². The van der Waals surface area contributed by atoms with Gasteiger partial charge in [-0.2, -0.15) is 5.10 Å². The van der Waals surface area contributed by atoms with E-state index in [1.807, 2.05) is 17.7 Å². The fourth-order valence-corrected chi connectivity index (χ4v) is 2.28. The molecule has 0 aliphatic heterocycles. The summed E-state index contributed by atoms with van der Waals surface area (Å²) in [5, 5.41) is 4.12. The highest BCUT2D eigenvalue weighted by atomic mass is 32.1. The number of hydrogen-bond acceptors (Lipinski definition) is 2. The van der Waals surface area contributed by atoms with Gasteiger partial charge in [0, 0.05) is 13.2 Å². The van der Waals surface area contributed by atoms with Gasteiger partial charge in [0.05, 0.1) is 23.3 Å². The third-order valence-electron chi connectivity index (χ3n) is 2.98. The van der Waals surface area contributed by atoms with Gasteiger partial charge < -0.3 is 9.55 Å². The van der Waals surface area contributed by atoms with E-state index in [2.05, 4.69) is 10.1 Å². The molecule has 2 aromatic heterocycles. The summed E-state index contributed by atoms with van der Waals surface area (Å²) in [5.74, 6) is -0.272. The number of aryl methyl sites for hydroxylation is 1. The molecule has 0 unspecified atom stereocenters. The number of nitrogens with one attached hydrogen (secondary N) is 1. The Balaban J connectivity index is 2.15. The minimum absolute atomic E-state index is 0.272. The molecule has 4 nitrogen and oxygen atoms in total. The van der Waals surface area contributed by atoms with Crippen molar-refractivity contribution in [3.8, 4) is 0 Å². The predicted molar refractivity (Wildman–Crippen MR) is 69.4 cm³/mol. The van der Waals surface area contributed by atoms with Crippen molar-refractivity contribution in [3.63, 3.8) is 0 Å². The molecule has 6 heteroatoms. The highest BCUT2D eigenvalue weighted by Gasteiger charge is 2.07. The second kappa shape index (κ2) is 4.06. The zero-order valence-corrected chi connectivity index (χ0v) is 10.5. The molecule has 0 atom stereocenters. The normalized spacial score (nSPS) is 11.2. The lowest BCUT2D eigenvalue weighted by molar-refractivity contribution is 0.629. The molecule has 0 fully saturated rings. The maximum absolute atomic E-state index is 13.1. The van der Waals surface area contributed by atoms with Crippen LogP contribution in [0.15, 0.2) is 30.5 Å². The highest BCUT2D eigenvalue weighted by molar-refractivity contribution is 7.71. The van der Waals surface area contributed by atoms with E-state index in [1.54, 1.807) is 16.9 Å². The van der Waals surface area contributed by atoms with Crippen molar-refractivity contribution in [2.45, 2.75) is 6.54 Å². The first kappa shape index (κ1) is 11.2. The molecule has 0 saturated carbocycles. The molecule has 0 spiro atoms. The number of fused-ring (bicyclic) bond motifs is 1. The molecule has 0 amide bonds. The Labute approximate surface area is 108 Å². The predicted octanol–water partition coefficient (Wildman–Crippen LogP) is 2.62. The summed E-state index contributed by atoms with van der Waals surface area (Å²) < 4.78 is 17.4. The quantitative estimate of drug-likeness (QED) is 0.721. The molecule has 0 aliphatic rings. The van der Waals surface area contributed by atoms with E-state index < -0.39 is 0 Å². The van der Waals surface area contributed by atoms with Gasteiger partial charge in [-0.05, 0) is 36.5 Å². The van der Waals surface area contributed by atoms with Gasteiger partial charge >= 0.3 is 0 Å². The van der Waals surface area contributed by atoms with Crippen LogP contribution in [-0.4, -0.2) is 19.3 Å². The molecular formula is C12H11FN4S. The average Bonchev–Trinajstić information content (AvgIpc) is 2.85. The van der Waals surface area contributed by atoms with Crippen LogP contribution in [-0.2, 0) is 13.6 Å². The first-order valence-electron chi connectivity index (χ1n) is 5.50. The number of halogens is 1. The van der Waals surface area contributed by atoms with Gasteiger partial charge in [0.1, 0.15) is 5.82 Å². The highest BCUT2D eigenvalue weighted by Crippen LogP contribution is 2.16. The molecule has 1 aromatic carbocycles. The molecule has 0 saturated heterocycles. The number of benzene rings is 1. The SMILES string of the molecule is Cn1nccc1Cn1c(=S)[nH]c2cc(F)ccc21. The van der Waals surface area contributed by atoms with Crippen molar-refractivity contribution in [1.29, 1.82) is 0 Å². The largest absolute Gasteiger partial charge is 0.330 e. The molecule has 1 N–H and O–H groups in total.